The number of nitrogens with one attached hydrogen (secondary N) is 1. The van der Waals surface area contributed by atoms with Crippen molar-refractivity contribution in [1.82, 2.24) is 10.3 Å². The second kappa shape index (κ2) is 9.55. The summed E-state index contributed by atoms with van der Waals surface area (Å²) in [6.07, 6.45) is 8.24. The fourth-order valence-corrected chi connectivity index (χ4v) is 3.53. The van der Waals surface area contributed by atoms with Gasteiger partial charge in [0.2, 0.25) is 0 Å². The minimum Gasteiger partial charge on any atom is -0.493 e. The Balaban J connectivity index is 1.62. The molecule has 2 atom stereocenters. The number of methoxy groups -OCH3 is 1. The lowest BCUT2D eigenvalue weighted by Crippen LogP contribution is -2.39. The van der Waals surface area contributed by atoms with E-state index < -0.39 is 0 Å². The van der Waals surface area contributed by atoms with Gasteiger partial charge in [-0.15, -0.1) is 0 Å². The van der Waals surface area contributed by atoms with E-state index in [-0.39, 0.29) is 6.61 Å². The summed E-state index contributed by atoms with van der Waals surface area (Å²) in [5, 5.41) is 13.2. The molecule has 0 radical (unpaired) electrons. The number of aliphatic hydroxyl groups is 1. The van der Waals surface area contributed by atoms with Crippen LogP contribution in [0.25, 0.3) is 0 Å². The molecule has 1 heterocycles. The molecule has 1 aliphatic carbocycles. The Bertz CT molecular complexity index is 678. The Hall–Kier alpha value is -2.11. The van der Waals surface area contributed by atoms with Crippen molar-refractivity contribution in [3.05, 3.63) is 53.9 Å². The summed E-state index contributed by atoms with van der Waals surface area (Å²) < 4.78 is 11.4. The number of ether oxygens (including phenoxy) is 2. The molecule has 0 unspecified atom stereocenters. The maximum atomic E-state index is 9.57. The molecule has 1 aliphatic rings. The Morgan fingerprint density at radius 3 is 2.81 bits per heavy atom. The van der Waals surface area contributed by atoms with Crippen LogP contribution in [0.1, 0.15) is 36.8 Å². The number of pyridine rings is 1. The van der Waals surface area contributed by atoms with Gasteiger partial charge in [-0.3, -0.25) is 4.98 Å². The topological polar surface area (TPSA) is 63.6 Å². The molecule has 1 saturated carbocycles. The van der Waals surface area contributed by atoms with Crippen molar-refractivity contribution in [3.63, 3.8) is 0 Å². The fourth-order valence-electron chi connectivity index (χ4n) is 3.53. The molecular weight excluding hydrogens is 328 g/mol. The minimum atomic E-state index is 0.264. The number of nitrogens with zero attached hydrogens (tertiary/aromatic N) is 1. The van der Waals surface area contributed by atoms with Crippen LogP contribution in [0.2, 0.25) is 0 Å². The van der Waals surface area contributed by atoms with Crippen LogP contribution in [-0.2, 0) is 13.2 Å². The van der Waals surface area contributed by atoms with Gasteiger partial charge in [-0.1, -0.05) is 25.0 Å². The molecule has 1 aromatic heterocycles. The normalized spacial score (nSPS) is 19.9. The number of benzene rings is 1. The number of aliphatic hydroxyl groups excluding tert-OH is 1. The van der Waals surface area contributed by atoms with E-state index in [1.54, 1.807) is 19.5 Å². The highest BCUT2D eigenvalue weighted by atomic mass is 16.5. The molecule has 1 aromatic carbocycles. The molecule has 5 heteroatoms. The zero-order chi connectivity index (χ0) is 18.2. The molecule has 0 saturated heterocycles. The van der Waals surface area contributed by atoms with Crippen molar-refractivity contribution in [3.8, 4) is 11.5 Å². The van der Waals surface area contributed by atoms with Crippen molar-refractivity contribution in [2.24, 2.45) is 5.92 Å². The number of hydrogen-bond acceptors (Lipinski definition) is 5. The van der Waals surface area contributed by atoms with Gasteiger partial charge in [0.15, 0.2) is 11.5 Å². The molecule has 3 rings (SSSR count). The number of rotatable bonds is 8. The number of hydrogen-bond donors (Lipinski definition) is 2. The summed E-state index contributed by atoms with van der Waals surface area (Å²) in [6.45, 7) is 1.48. The SMILES string of the molecule is COc1ccc(CN[C@@H]2CCCC[C@@H]2CO)cc1OCc1cccnc1. The van der Waals surface area contributed by atoms with Crippen LogP contribution >= 0.6 is 0 Å². The first-order chi connectivity index (χ1) is 12.8. The third kappa shape index (κ3) is 4.96. The summed E-state index contributed by atoms with van der Waals surface area (Å²) in [4.78, 5) is 4.11. The van der Waals surface area contributed by atoms with Gasteiger partial charge in [-0.25, -0.2) is 0 Å². The van der Waals surface area contributed by atoms with Crippen molar-refractivity contribution in [2.75, 3.05) is 13.7 Å². The van der Waals surface area contributed by atoms with E-state index in [2.05, 4.69) is 16.4 Å². The molecule has 2 N–H and O–H groups in total. The second-order valence-electron chi connectivity index (χ2n) is 6.85. The molecule has 1 fully saturated rings. The molecule has 0 aliphatic heterocycles. The predicted molar refractivity (Wildman–Crippen MR) is 101 cm³/mol. The van der Waals surface area contributed by atoms with Crippen LogP contribution in [0.3, 0.4) is 0 Å². The Morgan fingerprint density at radius 1 is 1.15 bits per heavy atom. The highest BCUT2D eigenvalue weighted by Crippen LogP contribution is 2.29. The van der Waals surface area contributed by atoms with E-state index in [0.29, 0.717) is 18.6 Å². The van der Waals surface area contributed by atoms with Crippen LogP contribution in [0.15, 0.2) is 42.7 Å². The van der Waals surface area contributed by atoms with Crippen molar-refractivity contribution >= 4 is 0 Å². The highest BCUT2D eigenvalue weighted by molar-refractivity contribution is 5.43. The van der Waals surface area contributed by atoms with Crippen LogP contribution < -0.4 is 14.8 Å². The van der Waals surface area contributed by atoms with E-state index >= 15 is 0 Å². The molecule has 0 spiro atoms. The van der Waals surface area contributed by atoms with Gasteiger partial charge in [0, 0.05) is 37.2 Å². The van der Waals surface area contributed by atoms with Crippen molar-refractivity contribution in [1.29, 1.82) is 0 Å². The van der Waals surface area contributed by atoms with E-state index in [1.165, 1.54) is 12.8 Å². The molecule has 26 heavy (non-hydrogen) atoms. The zero-order valence-electron chi connectivity index (χ0n) is 15.4. The van der Waals surface area contributed by atoms with Gasteiger partial charge in [0.05, 0.1) is 7.11 Å². The van der Waals surface area contributed by atoms with Crippen LogP contribution in [0, 0.1) is 5.92 Å². The molecule has 0 bridgehead atoms. The lowest BCUT2D eigenvalue weighted by molar-refractivity contribution is 0.152. The van der Waals surface area contributed by atoms with E-state index in [4.69, 9.17) is 9.47 Å². The summed E-state index contributed by atoms with van der Waals surface area (Å²) in [5.41, 5.74) is 2.17. The quantitative estimate of drug-likeness (QED) is 0.760. The van der Waals surface area contributed by atoms with Gasteiger partial charge in [0.1, 0.15) is 6.61 Å². The first kappa shape index (κ1) is 18.7. The second-order valence-corrected chi connectivity index (χ2v) is 6.85. The van der Waals surface area contributed by atoms with Crippen molar-refractivity contribution in [2.45, 2.75) is 44.9 Å². The average Bonchev–Trinajstić information content (AvgIpc) is 2.71. The fraction of sp³-hybridized carbons (Fsp3) is 0.476. The first-order valence-electron chi connectivity index (χ1n) is 9.33. The molecular formula is C21H28N2O3. The Labute approximate surface area is 155 Å². The molecule has 2 aromatic rings. The van der Waals surface area contributed by atoms with Gasteiger partial charge in [-0.2, -0.15) is 0 Å². The monoisotopic (exact) mass is 356 g/mol. The standard InChI is InChI=1S/C21H28N2O3/c1-25-20-9-8-16(13-23-19-7-3-2-6-18(19)14-24)11-21(20)26-15-17-5-4-10-22-12-17/h4-5,8-12,18-19,23-24H,2-3,6-7,13-15H2,1H3/t18-,19-/m1/s1. The van der Waals surface area contributed by atoms with E-state index in [9.17, 15) is 5.11 Å². The molecule has 5 nitrogen and oxygen atoms in total. The Morgan fingerprint density at radius 2 is 2.04 bits per heavy atom. The smallest absolute Gasteiger partial charge is 0.161 e. The Kier molecular flexibility index (Phi) is 6.86. The van der Waals surface area contributed by atoms with E-state index in [0.717, 1.165) is 42.0 Å². The lowest BCUT2D eigenvalue weighted by Gasteiger charge is -2.31. The van der Waals surface area contributed by atoms with E-state index in [1.807, 2.05) is 24.3 Å². The maximum Gasteiger partial charge on any atom is 0.161 e. The van der Waals surface area contributed by atoms with Crippen LogP contribution in [0.5, 0.6) is 11.5 Å². The maximum absolute atomic E-state index is 9.57. The van der Waals surface area contributed by atoms with Crippen LogP contribution in [-0.4, -0.2) is 29.8 Å². The number of aromatic nitrogens is 1. The minimum absolute atomic E-state index is 0.264. The largest absolute Gasteiger partial charge is 0.493 e. The predicted octanol–water partition coefficient (Wildman–Crippen LogP) is 3.31. The summed E-state index contributed by atoms with van der Waals surface area (Å²) in [5.74, 6) is 1.82. The first-order valence-corrected chi connectivity index (χ1v) is 9.33. The van der Waals surface area contributed by atoms with Crippen LogP contribution in [0.4, 0.5) is 0 Å². The third-order valence-corrected chi connectivity index (χ3v) is 5.06. The summed E-state index contributed by atoms with van der Waals surface area (Å²) in [6, 6.07) is 10.3. The van der Waals surface area contributed by atoms with Gasteiger partial charge in [0.25, 0.3) is 0 Å². The van der Waals surface area contributed by atoms with Gasteiger partial charge >= 0.3 is 0 Å². The van der Waals surface area contributed by atoms with Gasteiger partial charge < -0.3 is 19.9 Å². The zero-order valence-corrected chi connectivity index (χ0v) is 15.4. The lowest BCUT2D eigenvalue weighted by atomic mass is 9.85. The molecule has 140 valence electrons. The highest BCUT2D eigenvalue weighted by Gasteiger charge is 2.23. The van der Waals surface area contributed by atoms with Crippen molar-refractivity contribution < 1.29 is 14.6 Å². The summed E-state index contributed by atoms with van der Waals surface area (Å²) in [7, 11) is 1.65. The third-order valence-electron chi connectivity index (χ3n) is 5.06. The summed E-state index contributed by atoms with van der Waals surface area (Å²) >= 11 is 0. The molecule has 0 amide bonds. The van der Waals surface area contributed by atoms with Gasteiger partial charge in [-0.05, 0) is 42.5 Å². The average molecular weight is 356 g/mol.